The highest BCUT2D eigenvalue weighted by Gasteiger charge is 2.72. The van der Waals surface area contributed by atoms with Crippen molar-refractivity contribution in [2.45, 2.75) is 312 Å². The van der Waals surface area contributed by atoms with Gasteiger partial charge in [-0.1, -0.05) is 214 Å². The van der Waals surface area contributed by atoms with E-state index in [0.29, 0.717) is 78.4 Å². The number of aliphatic carboxylic acids is 2. The Morgan fingerprint density at radius 3 is 1.08 bits per heavy atom. The summed E-state index contributed by atoms with van der Waals surface area (Å²) in [5.74, 6) is 2.02. The molecule has 3 heterocycles. The first-order valence-electron chi connectivity index (χ1n) is 46.3. The first-order chi connectivity index (χ1) is 59.6. The van der Waals surface area contributed by atoms with Crippen LogP contribution in [0.5, 0.6) is 0 Å². The highest BCUT2D eigenvalue weighted by Crippen LogP contribution is 2.69. The lowest BCUT2D eigenvalue weighted by atomic mass is 9.43. The summed E-state index contributed by atoms with van der Waals surface area (Å²) in [7, 11) is -7.81. The number of carboxylic acid groups (broad SMARTS) is 2. The van der Waals surface area contributed by atoms with Crippen LogP contribution < -0.4 is 43.7 Å². The van der Waals surface area contributed by atoms with Gasteiger partial charge in [0, 0.05) is 42.7 Å². The minimum atomic E-state index is -5.19. The van der Waals surface area contributed by atoms with Crippen LogP contribution in [-0.2, 0) is 97.6 Å². The standard InChI is InChI=1S/C26H38BNO5S.C25H36BNO3.C16H24BNO5S.C15H26BNO2.C10H13NO2.C2HF3O2.ClH/c1-25(2)19-14-23(25)26(3)24(15-19)32-27(33-26)20(12-18-10-11-18)16-22(29)21(28-34(4,30)31)13-17-8-6-5-7-9-17;1-24(2)18-13-22(24)25(3)23(14-18)29-26(30-25)19(11-17-9-10-17)15-21(28)20(27)12-16-7-5-4-6-8-16;1-24(22,23)18-15(10-12-5-3-2-4-6-12)16(19)11-14(17(20)21)9-13-7-8-13;1-14(2)10-7-11(14)15(3)12(8-10)18-16(19-15)13(17)6-9-4-5-9;1-11-9(10(12)13)7-8-5-3-2-4-6-8;3-2(4,5)1(6)7;/h5-9,18-21,23-24,28H,10-16H2,1-4H3;4-8,17-20,22-23H,9-15,27H2,1-3H3;2-6,13-15,18,20-21H,7-11H2,1H3;9-13H,4-8,17H2,1-3H3;2-6,9,11H,7H2,1H3,(H,12,13);(H,6,7);1H/p-2/t19-,20?,21?,23-,24+,26-;18-,19?,20?,22-,23+,25-;;10-,11-,12+,13?,15-;;;/m00.0.../s1. The molecule has 10 N–H and O–H groups in total. The van der Waals surface area contributed by atoms with Crippen molar-refractivity contribution in [2.24, 2.45) is 86.9 Å². The summed E-state index contributed by atoms with van der Waals surface area (Å²) in [5, 5.41) is 39.3. The third-order valence-electron chi connectivity index (χ3n) is 31.1. The van der Waals surface area contributed by atoms with E-state index in [-0.39, 0.29) is 121 Å². The van der Waals surface area contributed by atoms with E-state index in [1.54, 1.807) is 7.05 Å². The zero-order valence-corrected chi connectivity index (χ0v) is 78.9. The van der Waals surface area contributed by atoms with Crippen molar-refractivity contribution in [1.29, 1.82) is 0 Å². The maximum atomic E-state index is 13.5. The normalized spacial score (nSPS) is 29.7. The van der Waals surface area contributed by atoms with Crippen molar-refractivity contribution >= 4 is 77.8 Å². The zero-order chi connectivity index (χ0) is 92.3. The molecule has 13 aliphatic carbocycles. The molecule has 8 unspecified atom stereocenters. The average molecular weight is 1840 g/mol. The highest BCUT2D eigenvalue weighted by atomic mass is 35.5. The van der Waals surface area contributed by atoms with Gasteiger partial charge in [-0.3, -0.25) is 19.2 Å². The zero-order valence-electron chi connectivity index (χ0n) is 76.5. The monoisotopic (exact) mass is 1840 g/mol. The number of rotatable bonds is 35. The van der Waals surface area contributed by atoms with Gasteiger partial charge in [0.05, 0.1) is 65.8 Å². The summed E-state index contributed by atoms with van der Waals surface area (Å²) in [6.07, 6.45) is 20.2. The van der Waals surface area contributed by atoms with Crippen LogP contribution in [0.25, 0.3) is 0 Å². The molecule has 706 valence electrons. The molecule has 0 amide bonds. The van der Waals surface area contributed by atoms with Gasteiger partial charge in [0.15, 0.2) is 11.6 Å². The Morgan fingerprint density at radius 1 is 0.477 bits per heavy atom. The molecule has 4 aromatic rings. The number of likely N-dealkylation sites (N-methyl/N-ethyl adjacent to an activating group) is 1. The molecule has 3 aliphatic heterocycles. The third-order valence-corrected chi connectivity index (χ3v) is 32.5. The second-order valence-corrected chi connectivity index (χ2v) is 45.4. The summed E-state index contributed by atoms with van der Waals surface area (Å²) in [5.41, 5.74) is 17.0. The number of hydrogen-bond acceptors (Lipinski definition) is 21. The fourth-order valence-corrected chi connectivity index (χ4v) is 23.8. The summed E-state index contributed by atoms with van der Waals surface area (Å²) < 4.78 is 123. The van der Waals surface area contributed by atoms with Crippen LogP contribution in [-0.4, -0.2) is 181 Å². The molecule has 0 radical (unpaired) electrons. The molecular formula is C94H137B4ClF3N5O19S2-2. The first kappa shape index (κ1) is 103. The Labute approximate surface area is 764 Å². The highest BCUT2D eigenvalue weighted by molar-refractivity contribution is 7.89. The predicted octanol–water partition coefficient (Wildman–Crippen LogP) is 8.75. The molecule has 4 aromatic carbocycles. The smallest absolute Gasteiger partial charge is 0.475 e. The number of carbonyl (C=O) groups excluding carboxylic acids is 4. The average Bonchev–Trinajstić information content (AvgIpc) is 1.42. The minimum Gasteiger partial charge on any atom is -1.00 e. The van der Waals surface area contributed by atoms with E-state index < -0.39 is 82.4 Å². The molecule has 0 aromatic heterocycles. The fourth-order valence-electron chi connectivity index (χ4n) is 22.4. The van der Waals surface area contributed by atoms with Gasteiger partial charge in [0.1, 0.15) is 17.8 Å². The van der Waals surface area contributed by atoms with Crippen molar-refractivity contribution in [3.63, 3.8) is 0 Å². The van der Waals surface area contributed by atoms with E-state index in [4.69, 9.17) is 54.4 Å². The molecule has 128 heavy (non-hydrogen) atoms. The van der Waals surface area contributed by atoms with Crippen molar-refractivity contribution in [3.05, 3.63) is 144 Å². The predicted molar refractivity (Wildman–Crippen MR) is 482 cm³/mol. The minimum absolute atomic E-state index is 0. The van der Waals surface area contributed by atoms with E-state index in [2.05, 4.69) is 77.1 Å². The third kappa shape index (κ3) is 26.4. The lowest BCUT2D eigenvalue weighted by Crippen LogP contribution is -3.00. The topological polar surface area (TPSA) is 381 Å². The van der Waals surface area contributed by atoms with Crippen molar-refractivity contribution < 1.29 is 115 Å². The van der Waals surface area contributed by atoms with Gasteiger partial charge < -0.3 is 82.2 Å². The summed E-state index contributed by atoms with van der Waals surface area (Å²) in [6, 6.07) is 35.7. The Hall–Kier alpha value is -5.45. The summed E-state index contributed by atoms with van der Waals surface area (Å²) >= 11 is 0. The van der Waals surface area contributed by atoms with Crippen LogP contribution in [0.4, 0.5) is 13.2 Å². The van der Waals surface area contributed by atoms with Gasteiger partial charge in [-0.25, -0.2) is 26.3 Å². The van der Waals surface area contributed by atoms with Crippen molar-refractivity contribution in [1.82, 2.24) is 14.8 Å². The summed E-state index contributed by atoms with van der Waals surface area (Å²) in [4.78, 5) is 58.6. The van der Waals surface area contributed by atoms with Gasteiger partial charge in [-0.15, -0.1) is 0 Å². The lowest BCUT2D eigenvalue weighted by Gasteiger charge is -2.64. The lowest BCUT2D eigenvalue weighted by molar-refractivity contribution is -0.344. The van der Waals surface area contributed by atoms with Crippen LogP contribution in [0, 0.1) is 75.4 Å². The molecule has 16 aliphatic rings. The van der Waals surface area contributed by atoms with Gasteiger partial charge in [-0.05, 0) is 215 Å². The van der Waals surface area contributed by atoms with Gasteiger partial charge in [0.25, 0.3) is 0 Å². The van der Waals surface area contributed by atoms with Crippen LogP contribution in [0.2, 0.25) is 17.5 Å². The largest absolute Gasteiger partial charge is 1.00 e. The number of halogens is 4. The van der Waals surface area contributed by atoms with E-state index >= 15 is 0 Å². The molecule has 20 rings (SSSR count). The van der Waals surface area contributed by atoms with Crippen LogP contribution in [0.1, 0.15) is 219 Å². The Kier molecular flexibility index (Phi) is 34.0. The summed E-state index contributed by atoms with van der Waals surface area (Å²) in [6.45, 7) is 21.0. The number of carbonyl (C=O) groups is 5. The van der Waals surface area contributed by atoms with Gasteiger partial charge in [0.2, 0.25) is 20.0 Å². The van der Waals surface area contributed by atoms with E-state index in [1.165, 1.54) is 57.8 Å². The van der Waals surface area contributed by atoms with Crippen molar-refractivity contribution in [2.75, 3.05) is 19.6 Å². The molecule has 0 spiro atoms. The van der Waals surface area contributed by atoms with Crippen molar-refractivity contribution in [3.8, 4) is 0 Å². The van der Waals surface area contributed by atoms with E-state index in [9.17, 15) is 59.2 Å². The Balaban J connectivity index is 0.000000156. The molecule has 3 saturated heterocycles. The number of sulfonamides is 2. The van der Waals surface area contributed by atoms with E-state index in [0.717, 1.165) is 110 Å². The molecule has 13 saturated carbocycles. The van der Waals surface area contributed by atoms with Gasteiger partial charge in [-0.2, -0.15) is 13.2 Å². The molecule has 20 atom stereocenters. The number of benzene rings is 4. The second-order valence-electron chi connectivity index (χ2n) is 41.8. The number of nitrogens with one attached hydrogen (secondary N) is 3. The number of hydrogen-bond donors (Lipinski definition) is 8. The first-order valence-corrected chi connectivity index (χ1v) is 50.1. The maximum absolute atomic E-state index is 13.5. The van der Waals surface area contributed by atoms with Crippen LogP contribution in [0.15, 0.2) is 121 Å². The second kappa shape index (κ2) is 42.2. The molecule has 34 heteroatoms. The van der Waals surface area contributed by atoms with Crippen LogP contribution in [0.3, 0.4) is 0 Å². The number of alkyl halides is 3. The number of ketones is 3. The molecule has 24 nitrogen and oxygen atoms in total. The number of nitrogens with two attached hydrogens (primary N) is 2. The van der Waals surface area contributed by atoms with Crippen LogP contribution >= 0.6 is 0 Å². The Morgan fingerprint density at radius 2 is 0.773 bits per heavy atom. The molecule has 6 bridgehead atoms. The molecule has 16 fully saturated rings. The Bertz CT molecular complexity index is 4610. The number of carboxylic acids is 2. The SMILES string of the molecule is CC1(C)[C@@H]2C[C@H]3OB(C(CC(=O)C(Cc4ccccc4)NS(C)(=O)=O)CC4CC4)O[C@@]3(C)[C@H]1C2.CC1(C)[C@@H]2C[C@H]3OB(C(CC(=O)C(N)Cc4ccccc4)CC4CC4)O[C@@]3(C)[C@H]1C2.CC1(C)[C@@H]2C[C@H]3OB(C(N)CC4CC4)O[C@@]3(C)[C@H]1C2.CNC(Cc1ccccc1)C(=O)O.CS(=O)(=O)NC(Cc1ccccc1)C(=O)CC(CC1CC1)B(O)O.O=C([O-])C(F)(F)F.[Cl-]. The molecular weight excluding hydrogens is 1700 g/mol. The number of Topliss-reactive ketones (excluding diaryl/α,β-unsaturated/α-hetero) is 3. The van der Waals surface area contributed by atoms with Gasteiger partial charge >= 0.3 is 40.6 Å². The maximum Gasteiger partial charge on any atom is 0.475 e. The van der Waals surface area contributed by atoms with E-state index in [1.807, 2.05) is 121 Å². The quantitative estimate of drug-likeness (QED) is 0.0199. The fraction of sp³-hybridized carbons (Fsp3) is 0.691.